The van der Waals surface area contributed by atoms with Crippen molar-refractivity contribution in [2.24, 2.45) is 0 Å². The number of aromatic nitrogens is 1. The summed E-state index contributed by atoms with van der Waals surface area (Å²) >= 11 is 6.38. The zero-order valence-electron chi connectivity index (χ0n) is 13.5. The average Bonchev–Trinajstić information content (AvgIpc) is 2.51. The number of piperazine rings is 1. The normalized spacial score (nSPS) is 17.2. The monoisotopic (exact) mass is 317 g/mol. The highest BCUT2D eigenvalue weighted by Crippen LogP contribution is 2.23. The van der Waals surface area contributed by atoms with E-state index in [1.807, 2.05) is 0 Å². The fraction of sp³-hybridized carbons (Fsp3) is 0.500. The quantitative estimate of drug-likeness (QED) is 0.806. The summed E-state index contributed by atoms with van der Waals surface area (Å²) in [4.78, 5) is 9.54. The zero-order valence-corrected chi connectivity index (χ0v) is 14.2. The molecule has 1 fully saturated rings. The topological polar surface area (TPSA) is 19.4 Å². The summed E-state index contributed by atoms with van der Waals surface area (Å²) in [7, 11) is 2.19. The lowest BCUT2D eigenvalue weighted by atomic mass is 10.1. The molecule has 118 valence electrons. The van der Waals surface area contributed by atoms with Gasteiger partial charge in [-0.1, -0.05) is 29.8 Å². The van der Waals surface area contributed by atoms with E-state index >= 15 is 0 Å². The molecule has 1 saturated heterocycles. The van der Waals surface area contributed by atoms with Crippen molar-refractivity contribution < 1.29 is 0 Å². The van der Waals surface area contributed by atoms with Crippen molar-refractivity contribution in [3.63, 3.8) is 0 Å². The SMILES string of the molecule is Cc1cccc2cc(CCCN3CCN(C)CC3)c(Cl)nc12. The van der Waals surface area contributed by atoms with E-state index in [-0.39, 0.29) is 0 Å². The van der Waals surface area contributed by atoms with Crippen molar-refractivity contribution >= 4 is 22.5 Å². The predicted molar refractivity (Wildman–Crippen MR) is 93.7 cm³/mol. The number of para-hydroxylation sites is 1. The maximum atomic E-state index is 6.38. The number of hydrogen-bond acceptors (Lipinski definition) is 3. The van der Waals surface area contributed by atoms with Crippen LogP contribution in [0.5, 0.6) is 0 Å². The van der Waals surface area contributed by atoms with Crippen LogP contribution in [0.25, 0.3) is 10.9 Å². The van der Waals surface area contributed by atoms with Crippen molar-refractivity contribution in [2.45, 2.75) is 19.8 Å². The highest BCUT2D eigenvalue weighted by Gasteiger charge is 2.13. The molecule has 1 aromatic heterocycles. The van der Waals surface area contributed by atoms with Gasteiger partial charge in [0.2, 0.25) is 0 Å². The Bertz CT molecular complexity index is 648. The van der Waals surface area contributed by atoms with Crippen LogP contribution in [0.3, 0.4) is 0 Å². The van der Waals surface area contributed by atoms with Crippen molar-refractivity contribution in [1.82, 2.24) is 14.8 Å². The Hall–Kier alpha value is -1.16. The molecule has 1 aliphatic heterocycles. The van der Waals surface area contributed by atoms with Gasteiger partial charge < -0.3 is 9.80 Å². The van der Waals surface area contributed by atoms with Crippen LogP contribution in [-0.2, 0) is 6.42 Å². The lowest BCUT2D eigenvalue weighted by molar-refractivity contribution is 0.153. The third-order valence-electron chi connectivity index (χ3n) is 4.59. The van der Waals surface area contributed by atoms with Gasteiger partial charge in [0.25, 0.3) is 0 Å². The second kappa shape index (κ2) is 6.95. The zero-order chi connectivity index (χ0) is 15.5. The van der Waals surface area contributed by atoms with E-state index in [4.69, 9.17) is 11.6 Å². The first-order chi connectivity index (χ1) is 10.6. The fourth-order valence-corrected chi connectivity index (χ4v) is 3.34. The van der Waals surface area contributed by atoms with Gasteiger partial charge >= 0.3 is 0 Å². The third kappa shape index (κ3) is 3.60. The minimum atomic E-state index is 0.667. The summed E-state index contributed by atoms with van der Waals surface area (Å²) in [6.07, 6.45) is 2.14. The molecule has 0 bridgehead atoms. The lowest BCUT2D eigenvalue weighted by Gasteiger charge is -2.32. The van der Waals surface area contributed by atoms with Crippen LogP contribution in [0.2, 0.25) is 5.15 Å². The van der Waals surface area contributed by atoms with Crippen LogP contribution in [0.1, 0.15) is 17.5 Å². The fourth-order valence-electron chi connectivity index (χ4n) is 3.11. The second-order valence-electron chi connectivity index (χ2n) is 6.33. The molecule has 2 heterocycles. The van der Waals surface area contributed by atoms with E-state index in [2.05, 4.69) is 53.0 Å². The molecule has 0 radical (unpaired) electrons. The van der Waals surface area contributed by atoms with Gasteiger partial charge in [-0.05, 0) is 50.6 Å². The highest BCUT2D eigenvalue weighted by molar-refractivity contribution is 6.30. The molecule has 0 unspecified atom stereocenters. The summed E-state index contributed by atoms with van der Waals surface area (Å²) in [6.45, 7) is 7.95. The van der Waals surface area contributed by atoms with E-state index in [0.717, 1.165) is 24.9 Å². The molecule has 22 heavy (non-hydrogen) atoms. The Morgan fingerprint density at radius 2 is 1.95 bits per heavy atom. The molecule has 0 atom stereocenters. The van der Waals surface area contributed by atoms with E-state index < -0.39 is 0 Å². The highest BCUT2D eigenvalue weighted by atomic mass is 35.5. The number of likely N-dealkylation sites (N-methyl/N-ethyl adjacent to an activating group) is 1. The molecular weight excluding hydrogens is 294 g/mol. The average molecular weight is 318 g/mol. The number of rotatable bonds is 4. The maximum Gasteiger partial charge on any atom is 0.132 e. The molecule has 3 nitrogen and oxygen atoms in total. The number of hydrogen-bond donors (Lipinski definition) is 0. The first-order valence-corrected chi connectivity index (χ1v) is 8.47. The summed E-state index contributed by atoms with van der Waals surface area (Å²) < 4.78 is 0. The first-order valence-electron chi connectivity index (χ1n) is 8.09. The van der Waals surface area contributed by atoms with Crippen molar-refractivity contribution in [2.75, 3.05) is 39.8 Å². The predicted octanol–water partition coefficient (Wildman–Crippen LogP) is 3.38. The number of fused-ring (bicyclic) bond motifs is 1. The smallest absolute Gasteiger partial charge is 0.132 e. The molecule has 3 rings (SSSR count). The molecule has 0 saturated carbocycles. The summed E-state index contributed by atoms with van der Waals surface area (Å²) in [5.41, 5.74) is 3.38. The Morgan fingerprint density at radius 3 is 2.73 bits per heavy atom. The van der Waals surface area contributed by atoms with Gasteiger partial charge in [0, 0.05) is 31.6 Å². The summed E-state index contributed by atoms with van der Waals surface area (Å²) in [5.74, 6) is 0. The molecule has 0 spiro atoms. The van der Waals surface area contributed by atoms with Crippen LogP contribution >= 0.6 is 11.6 Å². The molecule has 0 N–H and O–H groups in total. The number of nitrogens with zero attached hydrogens (tertiary/aromatic N) is 3. The standard InChI is InChI=1S/C18H24ClN3/c1-14-5-3-6-15-13-16(18(19)20-17(14)15)7-4-8-22-11-9-21(2)10-12-22/h3,5-6,13H,4,7-12H2,1-2H3. The Balaban J connectivity index is 1.63. The van der Waals surface area contributed by atoms with E-state index in [9.17, 15) is 0 Å². The van der Waals surface area contributed by atoms with Gasteiger partial charge in [-0.15, -0.1) is 0 Å². The van der Waals surface area contributed by atoms with E-state index in [0.29, 0.717) is 5.15 Å². The van der Waals surface area contributed by atoms with Gasteiger partial charge in [0.05, 0.1) is 5.52 Å². The van der Waals surface area contributed by atoms with Gasteiger partial charge in [0.1, 0.15) is 5.15 Å². The number of pyridine rings is 1. The summed E-state index contributed by atoms with van der Waals surface area (Å²) in [5, 5.41) is 1.86. The number of halogens is 1. The van der Waals surface area contributed by atoms with Crippen LogP contribution in [-0.4, -0.2) is 54.6 Å². The van der Waals surface area contributed by atoms with Gasteiger partial charge in [-0.25, -0.2) is 4.98 Å². The Labute approximate surface area is 137 Å². The third-order valence-corrected chi connectivity index (χ3v) is 4.92. The minimum absolute atomic E-state index is 0.667. The molecule has 1 aromatic carbocycles. The van der Waals surface area contributed by atoms with E-state index in [1.54, 1.807) is 0 Å². The van der Waals surface area contributed by atoms with Crippen molar-refractivity contribution in [3.05, 3.63) is 40.5 Å². The number of benzene rings is 1. The molecule has 0 amide bonds. The largest absolute Gasteiger partial charge is 0.304 e. The van der Waals surface area contributed by atoms with Crippen molar-refractivity contribution in [1.29, 1.82) is 0 Å². The number of aryl methyl sites for hydroxylation is 2. The Kier molecular flexibility index (Phi) is 4.97. The van der Waals surface area contributed by atoms with Crippen molar-refractivity contribution in [3.8, 4) is 0 Å². The molecule has 0 aliphatic carbocycles. The van der Waals surface area contributed by atoms with Gasteiger partial charge in [0.15, 0.2) is 0 Å². The Morgan fingerprint density at radius 1 is 1.18 bits per heavy atom. The van der Waals surface area contributed by atoms with Crippen LogP contribution < -0.4 is 0 Å². The van der Waals surface area contributed by atoms with Crippen LogP contribution in [0.15, 0.2) is 24.3 Å². The summed E-state index contributed by atoms with van der Waals surface area (Å²) in [6, 6.07) is 8.50. The van der Waals surface area contributed by atoms with Gasteiger partial charge in [-0.2, -0.15) is 0 Å². The molecule has 2 aromatic rings. The second-order valence-corrected chi connectivity index (χ2v) is 6.69. The maximum absolute atomic E-state index is 6.38. The molecule has 1 aliphatic rings. The lowest BCUT2D eigenvalue weighted by Crippen LogP contribution is -2.44. The molecule has 4 heteroatoms. The van der Waals surface area contributed by atoms with Crippen LogP contribution in [0.4, 0.5) is 0 Å². The minimum Gasteiger partial charge on any atom is -0.304 e. The first kappa shape index (κ1) is 15.7. The van der Waals surface area contributed by atoms with Gasteiger partial charge in [-0.3, -0.25) is 0 Å². The van der Waals surface area contributed by atoms with E-state index in [1.165, 1.54) is 42.7 Å². The van der Waals surface area contributed by atoms with Crippen LogP contribution in [0, 0.1) is 6.92 Å². The molecular formula is C18H24ClN3.